The highest BCUT2D eigenvalue weighted by atomic mass is 35.5. The van der Waals surface area contributed by atoms with E-state index in [0.29, 0.717) is 27.8 Å². The van der Waals surface area contributed by atoms with E-state index < -0.39 is 0 Å². The molecule has 0 saturated carbocycles. The van der Waals surface area contributed by atoms with Gasteiger partial charge in [0.1, 0.15) is 11.5 Å². The molecule has 0 unspecified atom stereocenters. The second-order valence-corrected chi connectivity index (χ2v) is 4.74. The zero-order valence-electron chi connectivity index (χ0n) is 11.9. The molecular formula is C15H15ClN2O3. The van der Waals surface area contributed by atoms with Gasteiger partial charge in [-0.25, -0.2) is 0 Å². The zero-order chi connectivity index (χ0) is 15.4. The van der Waals surface area contributed by atoms with Gasteiger partial charge in [0.2, 0.25) is 0 Å². The number of aryl methyl sites for hydroxylation is 1. The molecule has 0 aliphatic heterocycles. The van der Waals surface area contributed by atoms with Crippen molar-refractivity contribution in [3.63, 3.8) is 0 Å². The molecular weight excluding hydrogens is 292 g/mol. The lowest BCUT2D eigenvalue weighted by Gasteiger charge is -2.13. The first kappa shape index (κ1) is 15.1. The number of pyridine rings is 1. The SMILES string of the molecule is COc1cc(NC(=O)c2cnccc2C)c(OC)cc1Cl. The molecule has 2 rings (SSSR count). The molecule has 5 nitrogen and oxygen atoms in total. The first-order chi connectivity index (χ1) is 10.1. The van der Waals surface area contributed by atoms with E-state index in [1.54, 1.807) is 24.4 Å². The Morgan fingerprint density at radius 3 is 2.57 bits per heavy atom. The molecule has 0 radical (unpaired) electrons. The fourth-order valence-corrected chi connectivity index (χ4v) is 2.08. The summed E-state index contributed by atoms with van der Waals surface area (Å²) in [6.07, 6.45) is 3.16. The Bertz CT molecular complexity index is 674. The number of methoxy groups -OCH3 is 2. The van der Waals surface area contributed by atoms with E-state index in [-0.39, 0.29) is 5.91 Å². The van der Waals surface area contributed by atoms with Crippen molar-refractivity contribution in [2.45, 2.75) is 6.92 Å². The van der Waals surface area contributed by atoms with Gasteiger partial charge in [-0.05, 0) is 18.6 Å². The number of aromatic nitrogens is 1. The molecule has 0 aliphatic rings. The Labute approximate surface area is 127 Å². The summed E-state index contributed by atoms with van der Waals surface area (Å²) in [7, 11) is 3.01. The number of benzene rings is 1. The minimum absolute atomic E-state index is 0.275. The van der Waals surface area contributed by atoms with Crippen LogP contribution in [-0.2, 0) is 0 Å². The minimum atomic E-state index is -0.275. The van der Waals surface area contributed by atoms with E-state index in [9.17, 15) is 4.79 Å². The van der Waals surface area contributed by atoms with Crippen LogP contribution in [0.25, 0.3) is 0 Å². The maximum atomic E-state index is 12.3. The summed E-state index contributed by atoms with van der Waals surface area (Å²) in [6.45, 7) is 1.84. The van der Waals surface area contributed by atoms with Crippen LogP contribution in [0.15, 0.2) is 30.6 Å². The smallest absolute Gasteiger partial charge is 0.257 e. The number of nitrogens with one attached hydrogen (secondary N) is 1. The number of anilines is 1. The van der Waals surface area contributed by atoms with Crippen molar-refractivity contribution in [1.29, 1.82) is 0 Å². The molecule has 0 spiro atoms. The molecule has 1 heterocycles. The van der Waals surface area contributed by atoms with Gasteiger partial charge in [-0.15, -0.1) is 0 Å². The van der Waals surface area contributed by atoms with Gasteiger partial charge < -0.3 is 14.8 Å². The van der Waals surface area contributed by atoms with Crippen LogP contribution in [-0.4, -0.2) is 25.1 Å². The van der Waals surface area contributed by atoms with Crippen molar-refractivity contribution in [2.75, 3.05) is 19.5 Å². The summed E-state index contributed by atoms with van der Waals surface area (Å²) in [5.41, 5.74) is 1.81. The highest BCUT2D eigenvalue weighted by Crippen LogP contribution is 2.36. The number of ether oxygens (including phenoxy) is 2. The predicted octanol–water partition coefficient (Wildman–Crippen LogP) is 3.31. The Morgan fingerprint density at radius 1 is 1.24 bits per heavy atom. The quantitative estimate of drug-likeness (QED) is 0.941. The fraction of sp³-hybridized carbons (Fsp3) is 0.200. The third kappa shape index (κ3) is 3.25. The maximum Gasteiger partial charge on any atom is 0.257 e. The van der Waals surface area contributed by atoms with Gasteiger partial charge in [0.25, 0.3) is 5.91 Å². The molecule has 2 aromatic rings. The van der Waals surface area contributed by atoms with Gasteiger partial charge in [0.05, 0.1) is 30.5 Å². The van der Waals surface area contributed by atoms with Gasteiger partial charge in [0.15, 0.2) is 0 Å². The van der Waals surface area contributed by atoms with E-state index in [1.165, 1.54) is 20.4 Å². The summed E-state index contributed by atoms with van der Waals surface area (Å²) in [5.74, 6) is 0.634. The normalized spacial score (nSPS) is 10.1. The fourth-order valence-electron chi connectivity index (χ4n) is 1.85. The molecule has 0 saturated heterocycles. The largest absolute Gasteiger partial charge is 0.495 e. The second kappa shape index (κ2) is 6.45. The van der Waals surface area contributed by atoms with Crippen molar-refractivity contribution in [3.05, 3.63) is 46.7 Å². The topological polar surface area (TPSA) is 60.5 Å². The maximum absolute atomic E-state index is 12.3. The number of carbonyl (C=O) groups is 1. The molecule has 0 bridgehead atoms. The van der Waals surface area contributed by atoms with Crippen molar-refractivity contribution in [3.8, 4) is 11.5 Å². The Morgan fingerprint density at radius 2 is 1.95 bits per heavy atom. The van der Waals surface area contributed by atoms with Crippen molar-refractivity contribution in [2.24, 2.45) is 0 Å². The van der Waals surface area contributed by atoms with Crippen molar-refractivity contribution in [1.82, 2.24) is 4.98 Å². The van der Waals surface area contributed by atoms with Crippen LogP contribution in [0.2, 0.25) is 5.02 Å². The Kier molecular flexibility index (Phi) is 4.65. The van der Waals surface area contributed by atoms with Crippen molar-refractivity contribution >= 4 is 23.2 Å². The second-order valence-electron chi connectivity index (χ2n) is 4.33. The molecule has 0 aliphatic carbocycles. The molecule has 21 heavy (non-hydrogen) atoms. The Hall–Kier alpha value is -2.27. The number of rotatable bonds is 4. The van der Waals surface area contributed by atoms with Crippen LogP contribution >= 0.6 is 11.6 Å². The van der Waals surface area contributed by atoms with E-state index in [1.807, 2.05) is 6.92 Å². The van der Waals surface area contributed by atoms with Gasteiger partial charge >= 0.3 is 0 Å². The van der Waals surface area contributed by atoms with E-state index in [2.05, 4.69) is 10.3 Å². The highest BCUT2D eigenvalue weighted by Gasteiger charge is 2.15. The lowest BCUT2D eigenvalue weighted by molar-refractivity contribution is 0.102. The van der Waals surface area contributed by atoms with Crippen LogP contribution in [0.5, 0.6) is 11.5 Å². The summed E-state index contributed by atoms with van der Waals surface area (Å²) in [5, 5.41) is 3.19. The number of amides is 1. The summed E-state index contributed by atoms with van der Waals surface area (Å²) in [6, 6.07) is 4.98. The third-order valence-corrected chi connectivity index (χ3v) is 3.30. The molecule has 110 valence electrons. The van der Waals surface area contributed by atoms with E-state index >= 15 is 0 Å². The lowest BCUT2D eigenvalue weighted by Crippen LogP contribution is -2.14. The summed E-state index contributed by atoms with van der Waals surface area (Å²) < 4.78 is 10.4. The molecule has 1 N–H and O–H groups in total. The standard InChI is InChI=1S/C15H15ClN2O3/c1-9-4-5-17-8-10(9)15(19)18-12-7-13(20-2)11(16)6-14(12)21-3/h4-8H,1-3H3,(H,18,19). The predicted molar refractivity (Wildman–Crippen MR) is 81.5 cm³/mol. The Balaban J connectivity index is 2.35. The van der Waals surface area contributed by atoms with Crippen LogP contribution in [0.1, 0.15) is 15.9 Å². The molecule has 0 fully saturated rings. The van der Waals surface area contributed by atoms with Gasteiger partial charge in [-0.1, -0.05) is 11.6 Å². The number of carbonyl (C=O) groups excluding carboxylic acids is 1. The van der Waals surface area contributed by atoms with Gasteiger partial charge in [-0.3, -0.25) is 9.78 Å². The molecule has 1 amide bonds. The van der Waals surface area contributed by atoms with Gasteiger partial charge in [-0.2, -0.15) is 0 Å². The highest BCUT2D eigenvalue weighted by molar-refractivity contribution is 6.32. The van der Waals surface area contributed by atoms with E-state index in [0.717, 1.165) is 5.56 Å². The minimum Gasteiger partial charge on any atom is -0.495 e. The van der Waals surface area contributed by atoms with Crippen LogP contribution in [0, 0.1) is 6.92 Å². The average molecular weight is 307 g/mol. The molecule has 1 aromatic carbocycles. The third-order valence-electron chi connectivity index (χ3n) is 3.01. The first-order valence-corrected chi connectivity index (χ1v) is 6.58. The average Bonchev–Trinajstić information content (AvgIpc) is 2.48. The number of hydrogen-bond donors (Lipinski definition) is 1. The summed E-state index contributed by atoms with van der Waals surface area (Å²) in [4.78, 5) is 16.3. The van der Waals surface area contributed by atoms with Crippen LogP contribution < -0.4 is 14.8 Å². The lowest BCUT2D eigenvalue weighted by atomic mass is 10.1. The monoisotopic (exact) mass is 306 g/mol. The number of nitrogens with zero attached hydrogens (tertiary/aromatic N) is 1. The van der Waals surface area contributed by atoms with E-state index in [4.69, 9.17) is 21.1 Å². The van der Waals surface area contributed by atoms with Crippen LogP contribution in [0.4, 0.5) is 5.69 Å². The van der Waals surface area contributed by atoms with Crippen LogP contribution in [0.3, 0.4) is 0 Å². The van der Waals surface area contributed by atoms with Gasteiger partial charge in [0, 0.05) is 24.5 Å². The molecule has 1 aromatic heterocycles. The zero-order valence-corrected chi connectivity index (χ0v) is 12.7. The molecule has 6 heteroatoms. The number of hydrogen-bond acceptors (Lipinski definition) is 4. The molecule has 0 atom stereocenters. The number of halogens is 1. The summed E-state index contributed by atoms with van der Waals surface area (Å²) >= 11 is 6.03. The van der Waals surface area contributed by atoms with Crippen molar-refractivity contribution < 1.29 is 14.3 Å². The first-order valence-electron chi connectivity index (χ1n) is 6.20.